The second-order valence-electron chi connectivity index (χ2n) is 7.75. The second kappa shape index (κ2) is 9.46. The third-order valence-corrected chi connectivity index (χ3v) is 18.0. The van der Waals surface area contributed by atoms with Gasteiger partial charge in [-0.1, -0.05) is 112 Å². The SMILES string of the molecule is C[Si](c1ccccc1)(c1ccccc1)C1(CCc2ccccc2Br)SCCCS1. The van der Waals surface area contributed by atoms with Crippen molar-refractivity contribution in [3.8, 4) is 0 Å². The minimum absolute atomic E-state index is 0.239. The van der Waals surface area contributed by atoms with Gasteiger partial charge in [0.25, 0.3) is 0 Å². The minimum Gasteiger partial charge on any atom is -0.147 e. The number of thioether (sulfide) groups is 2. The van der Waals surface area contributed by atoms with E-state index in [1.165, 1.54) is 34.4 Å². The summed E-state index contributed by atoms with van der Waals surface area (Å²) in [6, 6.07) is 31.5. The summed E-state index contributed by atoms with van der Waals surface area (Å²) in [4.78, 5) is 0. The van der Waals surface area contributed by atoms with Crippen molar-refractivity contribution < 1.29 is 0 Å². The number of rotatable bonds is 6. The van der Waals surface area contributed by atoms with Crippen molar-refractivity contribution in [2.75, 3.05) is 11.5 Å². The van der Waals surface area contributed by atoms with Gasteiger partial charge >= 0.3 is 0 Å². The predicted molar refractivity (Wildman–Crippen MR) is 138 cm³/mol. The third-order valence-electron chi connectivity index (χ3n) is 6.10. The smallest absolute Gasteiger partial charge is 0.142 e. The maximum atomic E-state index is 3.78. The van der Waals surface area contributed by atoms with Crippen LogP contribution in [0, 0.1) is 0 Å². The Hall–Kier alpha value is -0.943. The molecule has 1 fully saturated rings. The van der Waals surface area contributed by atoms with Crippen molar-refractivity contribution in [3.05, 3.63) is 95.0 Å². The Labute approximate surface area is 193 Å². The Morgan fingerprint density at radius 1 is 0.793 bits per heavy atom. The number of benzene rings is 3. The highest BCUT2D eigenvalue weighted by molar-refractivity contribution is 9.10. The lowest BCUT2D eigenvalue weighted by molar-refractivity contribution is 0.836. The van der Waals surface area contributed by atoms with Gasteiger partial charge in [-0.05, 0) is 42.4 Å². The average molecular weight is 500 g/mol. The summed E-state index contributed by atoms with van der Waals surface area (Å²) in [7, 11) is -2.01. The number of hydrogen-bond donors (Lipinski definition) is 0. The van der Waals surface area contributed by atoms with Crippen molar-refractivity contribution in [1.82, 2.24) is 0 Å². The van der Waals surface area contributed by atoms with E-state index in [9.17, 15) is 0 Å². The van der Waals surface area contributed by atoms with Crippen molar-refractivity contribution >= 4 is 57.9 Å². The van der Waals surface area contributed by atoms with E-state index in [0.29, 0.717) is 0 Å². The van der Waals surface area contributed by atoms with Crippen molar-refractivity contribution in [1.29, 1.82) is 0 Å². The number of halogens is 1. The molecule has 0 unspecified atom stereocenters. The zero-order valence-electron chi connectivity index (χ0n) is 16.8. The van der Waals surface area contributed by atoms with Crippen LogP contribution in [0.1, 0.15) is 18.4 Å². The van der Waals surface area contributed by atoms with Crippen LogP contribution in [0.25, 0.3) is 0 Å². The number of hydrogen-bond acceptors (Lipinski definition) is 2. The molecule has 3 aromatic carbocycles. The fourth-order valence-electron chi connectivity index (χ4n) is 4.41. The van der Waals surface area contributed by atoms with Crippen LogP contribution in [0.2, 0.25) is 6.55 Å². The van der Waals surface area contributed by atoms with Crippen LogP contribution in [0.4, 0.5) is 0 Å². The molecule has 150 valence electrons. The van der Waals surface area contributed by atoms with E-state index in [2.05, 4.69) is 131 Å². The zero-order chi connectivity index (χ0) is 20.2. The first-order valence-electron chi connectivity index (χ1n) is 10.3. The van der Waals surface area contributed by atoms with E-state index in [4.69, 9.17) is 0 Å². The molecule has 0 aliphatic carbocycles. The van der Waals surface area contributed by atoms with Crippen LogP contribution in [-0.2, 0) is 6.42 Å². The van der Waals surface area contributed by atoms with Crippen LogP contribution >= 0.6 is 39.5 Å². The summed E-state index contributed by atoms with van der Waals surface area (Å²) >= 11 is 8.26. The predicted octanol–water partition coefficient (Wildman–Crippen LogP) is 6.38. The Morgan fingerprint density at radius 2 is 1.31 bits per heavy atom. The Bertz CT molecular complexity index is 884. The average Bonchev–Trinajstić information content (AvgIpc) is 2.80. The van der Waals surface area contributed by atoms with E-state index in [-0.39, 0.29) is 3.70 Å². The summed E-state index contributed by atoms with van der Waals surface area (Å²) < 4.78 is 1.48. The molecule has 1 aliphatic rings. The fraction of sp³-hybridized carbons (Fsp3) is 0.280. The Balaban J connectivity index is 1.80. The second-order valence-corrected chi connectivity index (χ2v) is 16.6. The van der Waals surface area contributed by atoms with Crippen molar-refractivity contribution in [3.63, 3.8) is 0 Å². The molecule has 0 atom stereocenters. The molecule has 3 aromatic rings. The monoisotopic (exact) mass is 498 g/mol. The minimum atomic E-state index is -2.01. The van der Waals surface area contributed by atoms with Gasteiger partial charge in [-0.25, -0.2) is 0 Å². The van der Waals surface area contributed by atoms with Crippen LogP contribution in [0.15, 0.2) is 89.4 Å². The standard InChI is InChI=1S/C25H27BrS2Si/c1-29(22-12-4-2-5-13-22,23-14-6-3-7-15-23)25(27-19-10-20-28-25)18-17-21-11-8-9-16-24(21)26/h2-9,11-16H,10,17-20H2,1H3. The quantitative estimate of drug-likeness (QED) is 0.361. The van der Waals surface area contributed by atoms with Crippen LogP contribution < -0.4 is 10.4 Å². The lowest BCUT2D eigenvalue weighted by atomic mass is 10.1. The zero-order valence-corrected chi connectivity index (χ0v) is 21.0. The molecule has 1 aliphatic heterocycles. The first kappa shape index (κ1) is 21.3. The molecule has 29 heavy (non-hydrogen) atoms. The fourth-order valence-corrected chi connectivity index (χ4v) is 15.5. The van der Waals surface area contributed by atoms with E-state index >= 15 is 0 Å². The van der Waals surface area contributed by atoms with Gasteiger partial charge < -0.3 is 0 Å². The van der Waals surface area contributed by atoms with Crippen LogP contribution in [0.5, 0.6) is 0 Å². The number of aryl methyl sites for hydroxylation is 1. The molecule has 1 saturated heterocycles. The summed E-state index contributed by atoms with van der Waals surface area (Å²) in [5, 5.41) is 3.11. The molecule has 1 heterocycles. The molecule has 4 rings (SSSR count). The third kappa shape index (κ3) is 4.27. The lowest BCUT2D eigenvalue weighted by Crippen LogP contribution is -2.69. The van der Waals surface area contributed by atoms with Gasteiger partial charge in [-0.15, -0.1) is 23.5 Å². The molecule has 0 N–H and O–H groups in total. The molecular weight excluding hydrogens is 472 g/mol. The van der Waals surface area contributed by atoms with Crippen LogP contribution in [0.3, 0.4) is 0 Å². The first-order chi connectivity index (χ1) is 14.2. The highest BCUT2D eigenvalue weighted by atomic mass is 79.9. The first-order valence-corrected chi connectivity index (χ1v) is 15.5. The maximum Gasteiger partial charge on any atom is 0.142 e. The van der Waals surface area contributed by atoms with Gasteiger partial charge in [-0.2, -0.15) is 0 Å². The molecule has 0 bridgehead atoms. The maximum absolute atomic E-state index is 3.78. The van der Waals surface area contributed by atoms with E-state index in [1.807, 2.05) is 0 Å². The Morgan fingerprint density at radius 3 is 1.86 bits per heavy atom. The van der Waals surface area contributed by atoms with Crippen molar-refractivity contribution in [2.45, 2.75) is 29.5 Å². The van der Waals surface area contributed by atoms with Gasteiger partial charge in [0, 0.05) is 4.47 Å². The summed E-state index contributed by atoms with van der Waals surface area (Å²) in [6.45, 7) is 2.61. The van der Waals surface area contributed by atoms with Gasteiger partial charge in [0.2, 0.25) is 0 Å². The van der Waals surface area contributed by atoms with E-state index in [0.717, 1.165) is 6.42 Å². The van der Waals surface area contributed by atoms with Gasteiger partial charge in [0.05, 0.1) is 3.70 Å². The molecule has 0 radical (unpaired) electrons. The summed E-state index contributed by atoms with van der Waals surface area (Å²) in [6.07, 6.45) is 3.64. The molecule has 0 spiro atoms. The highest BCUT2D eigenvalue weighted by Gasteiger charge is 2.53. The lowest BCUT2D eigenvalue weighted by Gasteiger charge is -2.49. The summed E-state index contributed by atoms with van der Waals surface area (Å²) in [5.41, 5.74) is 1.43. The molecule has 0 amide bonds. The Kier molecular flexibility index (Phi) is 6.95. The largest absolute Gasteiger partial charge is 0.147 e. The van der Waals surface area contributed by atoms with Gasteiger partial charge in [0.15, 0.2) is 0 Å². The van der Waals surface area contributed by atoms with E-state index < -0.39 is 8.07 Å². The highest BCUT2D eigenvalue weighted by Crippen LogP contribution is 2.51. The van der Waals surface area contributed by atoms with Crippen LogP contribution in [-0.4, -0.2) is 23.3 Å². The van der Waals surface area contributed by atoms with E-state index in [1.54, 1.807) is 10.4 Å². The van der Waals surface area contributed by atoms with Gasteiger partial charge in [0.1, 0.15) is 8.07 Å². The van der Waals surface area contributed by atoms with Gasteiger partial charge in [-0.3, -0.25) is 0 Å². The molecule has 0 saturated carbocycles. The molecule has 0 aromatic heterocycles. The topological polar surface area (TPSA) is 0 Å². The normalized spacial score (nSPS) is 16.5. The molecule has 0 nitrogen and oxygen atoms in total. The molecular formula is C25H27BrS2Si. The summed E-state index contributed by atoms with van der Waals surface area (Å²) in [5.74, 6) is 2.54. The molecule has 4 heteroatoms. The van der Waals surface area contributed by atoms with Crippen molar-refractivity contribution in [2.24, 2.45) is 0 Å².